The highest BCUT2D eigenvalue weighted by molar-refractivity contribution is 6.21. The fraction of sp³-hybridized carbons (Fsp3) is 0.200. The average molecular weight is 601 g/mol. The lowest BCUT2D eigenvalue weighted by molar-refractivity contribution is 0.0642. The largest absolute Gasteiger partial charge is 0.497 e. The summed E-state index contributed by atoms with van der Waals surface area (Å²) in [5, 5.41) is 4.34. The molecule has 1 fully saturated rings. The van der Waals surface area contributed by atoms with E-state index in [1.165, 1.54) is 15.3 Å². The maximum Gasteiger partial charge on any atom is 0.350 e. The Morgan fingerprint density at radius 1 is 0.622 bits per heavy atom. The molecule has 226 valence electrons. The molecule has 1 saturated heterocycles. The molecule has 0 bridgehead atoms. The molecular weight excluding hydrogens is 568 g/mol. The second-order valence-corrected chi connectivity index (χ2v) is 11.2. The molecule has 2 aliphatic heterocycles. The standard InChI is InChI=1S/C35H32N6O4/c1-45-30-16-14-28(15-17-30)38-20-18-37(19-21-38)27-10-12-29(13-11-27)40-24-36-41(35(40)44)23-26-8-6-25(7-9-26)22-39-33(42)31-4-2-3-5-32(31)34(39)43/h2-17,24H,18-23H2,1H3. The third-order valence-electron chi connectivity index (χ3n) is 8.52. The molecule has 0 aliphatic carbocycles. The van der Waals surface area contributed by atoms with E-state index in [9.17, 15) is 14.4 Å². The molecule has 4 aromatic carbocycles. The predicted octanol–water partition coefficient (Wildman–Crippen LogP) is 4.21. The van der Waals surface area contributed by atoms with Crippen molar-refractivity contribution in [2.24, 2.45) is 0 Å². The Hall–Kier alpha value is -5.64. The normalized spacial score (nSPS) is 14.6. The molecular formula is C35H32N6O4. The van der Waals surface area contributed by atoms with Gasteiger partial charge >= 0.3 is 5.69 Å². The van der Waals surface area contributed by atoms with Gasteiger partial charge in [-0.15, -0.1) is 0 Å². The van der Waals surface area contributed by atoms with Gasteiger partial charge in [0.25, 0.3) is 11.8 Å². The molecule has 0 spiro atoms. The van der Waals surface area contributed by atoms with Crippen LogP contribution in [0.1, 0.15) is 31.8 Å². The van der Waals surface area contributed by atoms with Gasteiger partial charge in [0.15, 0.2) is 0 Å². The molecule has 5 aromatic rings. The van der Waals surface area contributed by atoms with E-state index in [4.69, 9.17) is 4.74 Å². The lowest BCUT2D eigenvalue weighted by Gasteiger charge is -2.37. The van der Waals surface area contributed by atoms with Crippen LogP contribution >= 0.6 is 0 Å². The minimum Gasteiger partial charge on any atom is -0.497 e. The van der Waals surface area contributed by atoms with E-state index < -0.39 is 0 Å². The van der Waals surface area contributed by atoms with E-state index in [2.05, 4.69) is 39.2 Å². The van der Waals surface area contributed by atoms with Crippen molar-refractivity contribution >= 4 is 23.2 Å². The summed E-state index contributed by atoms with van der Waals surface area (Å²) in [6.45, 7) is 4.14. The number of piperazine rings is 1. The van der Waals surface area contributed by atoms with Crippen LogP contribution in [-0.2, 0) is 13.1 Å². The Labute approximate surface area is 260 Å². The summed E-state index contributed by atoms with van der Waals surface area (Å²) in [7, 11) is 1.68. The summed E-state index contributed by atoms with van der Waals surface area (Å²) in [6.07, 6.45) is 1.54. The van der Waals surface area contributed by atoms with Crippen molar-refractivity contribution < 1.29 is 14.3 Å². The highest BCUT2D eigenvalue weighted by atomic mass is 16.5. The van der Waals surface area contributed by atoms with Gasteiger partial charge < -0.3 is 14.5 Å². The van der Waals surface area contributed by atoms with Crippen molar-refractivity contribution in [1.29, 1.82) is 0 Å². The SMILES string of the molecule is COc1ccc(N2CCN(c3ccc(-n4cnn(Cc5ccc(CN6C(=O)c7ccccc7C6=O)cc5)c4=O)cc3)CC2)cc1. The Kier molecular flexibility index (Phi) is 7.38. The van der Waals surface area contributed by atoms with Crippen LogP contribution in [0, 0.1) is 0 Å². The van der Waals surface area contributed by atoms with Crippen molar-refractivity contribution in [3.63, 3.8) is 0 Å². The van der Waals surface area contributed by atoms with Crippen LogP contribution in [0.3, 0.4) is 0 Å². The zero-order valence-corrected chi connectivity index (χ0v) is 24.9. The maximum atomic E-state index is 13.2. The molecule has 0 N–H and O–H groups in total. The Balaban J connectivity index is 0.964. The average Bonchev–Trinajstić information content (AvgIpc) is 3.57. The summed E-state index contributed by atoms with van der Waals surface area (Å²) >= 11 is 0. The lowest BCUT2D eigenvalue weighted by Crippen LogP contribution is -2.46. The molecule has 2 aliphatic rings. The van der Waals surface area contributed by atoms with Crippen molar-refractivity contribution in [2.45, 2.75) is 13.1 Å². The monoisotopic (exact) mass is 600 g/mol. The molecule has 10 heteroatoms. The Bertz CT molecular complexity index is 1870. The van der Waals surface area contributed by atoms with Gasteiger partial charge in [-0.1, -0.05) is 36.4 Å². The summed E-state index contributed by atoms with van der Waals surface area (Å²) < 4.78 is 8.24. The van der Waals surface area contributed by atoms with Gasteiger partial charge in [-0.3, -0.25) is 14.5 Å². The first kappa shape index (κ1) is 28.1. The lowest BCUT2D eigenvalue weighted by atomic mass is 10.1. The molecule has 1 aromatic heterocycles. The van der Waals surface area contributed by atoms with E-state index in [0.717, 1.165) is 54.4 Å². The number of hydrogen-bond acceptors (Lipinski definition) is 7. The number of imide groups is 1. The molecule has 0 radical (unpaired) electrons. The quantitative estimate of drug-likeness (QED) is 0.247. The summed E-state index contributed by atoms with van der Waals surface area (Å²) in [4.78, 5) is 44.6. The number of aromatic nitrogens is 3. The summed E-state index contributed by atoms with van der Waals surface area (Å²) in [5.41, 5.74) is 5.43. The topological polar surface area (TPSA) is 92.9 Å². The van der Waals surface area contributed by atoms with E-state index >= 15 is 0 Å². The van der Waals surface area contributed by atoms with Crippen molar-refractivity contribution in [3.05, 3.63) is 136 Å². The predicted molar refractivity (Wildman–Crippen MR) is 171 cm³/mol. The number of anilines is 2. The van der Waals surface area contributed by atoms with Crippen LogP contribution in [0.25, 0.3) is 5.69 Å². The van der Waals surface area contributed by atoms with Crippen molar-refractivity contribution in [2.75, 3.05) is 43.1 Å². The zero-order chi connectivity index (χ0) is 30.9. The van der Waals surface area contributed by atoms with Crippen molar-refractivity contribution in [1.82, 2.24) is 19.2 Å². The molecule has 0 atom stereocenters. The van der Waals surface area contributed by atoms with E-state index in [1.54, 1.807) is 42.3 Å². The first-order chi connectivity index (χ1) is 22.0. The number of fused-ring (bicyclic) bond motifs is 1. The van der Waals surface area contributed by atoms with Gasteiger partial charge in [0.1, 0.15) is 12.1 Å². The highest BCUT2D eigenvalue weighted by Crippen LogP contribution is 2.25. The molecule has 10 nitrogen and oxygen atoms in total. The summed E-state index contributed by atoms with van der Waals surface area (Å²) in [5.74, 6) is 0.296. The second-order valence-electron chi connectivity index (χ2n) is 11.2. The van der Waals surface area contributed by atoms with Crippen molar-refractivity contribution in [3.8, 4) is 11.4 Å². The molecule has 0 unspecified atom stereocenters. The van der Waals surface area contributed by atoms with Crippen LogP contribution in [0.2, 0.25) is 0 Å². The molecule has 3 heterocycles. The molecule has 2 amide bonds. The van der Waals surface area contributed by atoms with E-state index in [0.29, 0.717) is 17.7 Å². The third kappa shape index (κ3) is 5.46. The number of carbonyl (C=O) groups excluding carboxylic acids is 2. The number of carbonyl (C=O) groups is 2. The maximum absolute atomic E-state index is 13.2. The highest BCUT2D eigenvalue weighted by Gasteiger charge is 2.34. The number of nitrogens with zero attached hydrogens (tertiary/aromatic N) is 6. The second kappa shape index (κ2) is 11.8. The molecule has 0 saturated carbocycles. The van der Waals surface area contributed by atoms with Crippen LogP contribution in [0.15, 0.2) is 108 Å². The van der Waals surface area contributed by atoms with Crippen LogP contribution in [-0.4, -0.2) is 64.4 Å². The van der Waals surface area contributed by atoms with Gasteiger partial charge in [0, 0.05) is 37.6 Å². The van der Waals surface area contributed by atoms with E-state index in [1.807, 2.05) is 48.5 Å². The number of benzene rings is 4. The minimum atomic E-state index is -0.280. The smallest absolute Gasteiger partial charge is 0.350 e. The van der Waals surface area contributed by atoms with E-state index in [-0.39, 0.29) is 24.0 Å². The minimum absolute atomic E-state index is 0.190. The van der Waals surface area contributed by atoms with Gasteiger partial charge in [0.05, 0.1) is 37.0 Å². The Morgan fingerprint density at radius 3 is 1.64 bits per heavy atom. The van der Waals surface area contributed by atoms with Crippen LogP contribution in [0.4, 0.5) is 11.4 Å². The number of rotatable bonds is 8. The number of amides is 2. The fourth-order valence-electron chi connectivity index (χ4n) is 5.95. The van der Waals surface area contributed by atoms with Crippen LogP contribution < -0.4 is 20.2 Å². The third-order valence-corrected chi connectivity index (χ3v) is 8.52. The number of hydrogen-bond donors (Lipinski definition) is 0. The Morgan fingerprint density at radius 2 is 1.11 bits per heavy atom. The van der Waals surface area contributed by atoms with Gasteiger partial charge in [-0.2, -0.15) is 5.10 Å². The first-order valence-corrected chi connectivity index (χ1v) is 14.9. The number of ether oxygens (including phenoxy) is 1. The molecule has 45 heavy (non-hydrogen) atoms. The summed E-state index contributed by atoms with van der Waals surface area (Å²) in [6, 6.07) is 30.6. The first-order valence-electron chi connectivity index (χ1n) is 14.9. The van der Waals surface area contributed by atoms with Gasteiger partial charge in [-0.05, 0) is 71.8 Å². The van der Waals surface area contributed by atoms with Crippen LogP contribution in [0.5, 0.6) is 5.75 Å². The zero-order valence-electron chi connectivity index (χ0n) is 24.9. The molecule has 7 rings (SSSR count). The van der Waals surface area contributed by atoms with Gasteiger partial charge in [0.2, 0.25) is 0 Å². The van der Waals surface area contributed by atoms with Gasteiger partial charge in [-0.25, -0.2) is 14.0 Å². The number of methoxy groups -OCH3 is 1. The fourth-order valence-corrected chi connectivity index (χ4v) is 5.95.